The number of hydrogen-bond donors (Lipinski definition) is 3. The molecule has 7 atom stereocenters. The lowest BCUT2D eigenvalue weighted by molar-refractivity contribution is -0.149. The molecule has 0 aliphatic carbocycles. The van der Waals surface area contributed by atoms with Crippen LogP contribution in [0.2, 0.25) is 0 Å². The molecule has 0 radical (unpaired) electrons. The maximum Gasteiger partial charge on any atom is 0.338 e. The first-order chi connectivity index (χ1) is 26.5. The Bertz CT molecular complexity index is 2200. The van der Waals surface area contributed by atoms with E-state index in [2.05, 4.69) is 16.7 Å². The standard InChI is InChI=1S/C39H38N4O11S/c1-16-10-19-11-22-24(12-40)43-25-13-51-39(48)23(42-37(46)20-8-6-7-9-21(20)38(47)50-5)14-55-36(30(43)29(41-22)26(19)31(45)32(16)49-4)28-27(25)35-34(52-15-53-35)17(2)33(28)54-18(3)44/h6-10,22-25,29-30,36,41,45H,11,13-15H2,1-5H3,(H,42,46)/t22-,23-,24-,25-,29+,30?,36+/m0/s1. The fourth-order valence-corrected chi connectivity index (χ4v) is 10.4. The first kappa shape index (κ1) is 36.5. The number of esters is 3. The highest BCUT2D eigenvalue weighted by molar-refractivity contribution is 7.99. The number of amides is 1. The van der Waals surface area contributed by atoms with Gasteiger partial charge in [0.2, 0.25) is 6.79 Å². The molecule has 3 N–H and O–H groups in total. The van der Waals surface area contributed by atoms with E-state index in [1.54, 1.807) is 19.1 Å². The van der Waals surface area contributed by atoms with Gasteiger partial charge in [-0.1, -0.05) is 18.2 Å². The molecule has 9 rings (SSSR count). The molecule has 0 saturated carbocycles. The Hall–Kier alpha value is -5.50. The Morgan fingerprint density at radius 3 is 2.51 bits per heavy atom. The molecule has 1 amide bonds. The molecule has 1 unspecified atom stereocenters. The number of carbonyl (C=O) groups excluding carboxylic acids is 4. The minimum atomic E-state index is -1.20. The van der Waals surface area contributed by atoms with Crippen molar-refractivity contribution in [3.63, 3.8) is 0 Å². The lowest BCUT2D eigenvalue weighted by atomic mass is 9.72. The van der Waals surface area contributed by atoms with Crippen LogP contribution in [0.3, 0.4) is 0 Å². The highest BCUT2D eigenvalue weighted by Crippen LogP contribution is 2.62. The zero-order chi connectivity index (χ0) is 38.9. The van der Waals surface area contributed by atoms with Crippen molar-refractivity contribution in [1.82, 2.24) is 15.5 Å². The quantitative estimate of drug-likeness (QED) is 0.252. The van der Waals surface area contributed by atoms with Crippen molar-refractivity contribution in [1.29, 1.82) is 5.26 Å². The van der Waals surface area contributed by atoms with Crippen LogP contribution in [0.1, 0.15) is 78.4 Å². The number of rotatable bonds is 5. The van der Waals surface area contributed by atoms with Gasteiger partial charge in [0, 0.05) is 47.0 Å². The number of nitrogens with one attached hydrogen (secondary N) is 2. The van der Waals surface area contributed by atoms with E-state index in [0.717, 1.165) is 11.1 Å². The van der Waals surface area contributed by atoms with Gasteiger partial charge in [0.15, 0.2) is 23.0 Å². The van der Waals surface area contributed by atoms with E-state index < -0.39 is 59.3 Å². The zero-order valence-electron chi connectivity index (χ0n) is 30.6. The molecule has 3 aromatic carbocycles. The van der Waals surface area contributed by atoms with Gasteiger partial charge in [0.1, 0.15) is 24.4 Å². The number of phenolic OH excluding ortho intramolecular Hbond substituents is 1. The van der Waals surface area contributed by atoms with Crippen LogP contribution < -0.4 is 29.6 Å². The number of carbonyl (C=O) groups is 4. The van der Waals surface area contributed by atoms with E-state index in [-0.39, 0.29) is 47.8 Å². The van der Waals surface area contributed by atoms with Crippen LogP contribution in [0.4, 0.5) is 0 Å². The third-order valence-electron chi connectivity index (χ3n) is 11.0. The summed E-state index contributed by atoms with van der Waals surface area (Å²) in [4.78, 5) is 55.1. The molecule has 15 nitrogen and oxygen atoms in total. The number of aryl methyl sites for hydroxylation is 1. The molecule has 6 aliphatic heterocycles. The highest BCUT2D eigenvalue weighted by atomic mass is 32.2. The predicted octanol–water partition coefficient (Wildman–Crippen LogP) is 3.47. The van der Waals surface area contributed by atoms with Gasteiger partial charge < -0.3 is 44.2 Å². The molecule has 16 heteroatoms. The number of hydrogen-bond acceptors (Lipinski definition) is 15. The number of benzene rings is 3. The van der Waals surface area contributed by atoms with Crippen LogP contribution >= 0.6 is 11.8 Å². The van der Waals surface area contributed by atoms with Crippen molar-refractivity contribution in [3.05, 3.63) is 74.8 Å². The van der Waals surface area contributed by atoms with Gasteiger partial charge in [-0.15, -0.1) is 11.8 Å². The number of phenols is 1. The third kappa shape index (κ3) is 5.71. The molecule has 3 aromatic rings. The minimum absolute atomic E-state index is 0.0145. The molecule has 0 spiro atoms. The number of fused-ring (bicyclic) bond motifs is 10. The second kappa shape index (κ2) is 14.0. The third-order valence-corrected chi connectivity index (χ3v) is 12.4. The zero-order valence-corrected chi connectivity index (χ0v) is 31.4. The average molecular weight is 771 g/mol. The summed E-state index contributed by atoms with van der Waals surface area (Å²) in [6.45, 7) is 4.54. The minimum Gasteiger partial charge on any atom is -0.504 e. The Labute approximate surface area is 320 Å². The van der Waals surface area contributed by atoms with Gasteiger partial charge in [-0.05, 0) is 43.5 Å². The maximum absolute atomic E-state index is 14.0. The second-order valence-corrected chi connectivity index (χ2v) is 15.2. The van der Waals surface area contributed by atoms with E-state index in [4.69, 9.17) is 28.4 Å². The van der Waals surface area contributed by atoms with Gasteiger partial charge >= 0.3 is 17.9 Å². The average Bonchev–Trinajstić information content (AvgIpc) is 3.67. The van der Waals surface area contributed by atoms with Crippen molar-refractivity contribution < 1.29 is 52.7 Å². The van der Waals surface area contributed by atoms with Gasteiger partial charge in [-0.3, -0.25) is 14.5 Å². The van der Waals surface area contributed by atoms with E-state index >= 15 is 0 Å². The molecule has 286 valence electrons. The molecule has 6 heterocycles. The summed E-state index contributed by atoms with van der Waals surface area (Å²) in [6, 6.07) is 6.24. The first-order valence-electron chi connectivity index (χ1n) is 17.7. The van der Waals surface area contributed by atoms with Crippen LogP contribution in [0.5, 0.6) is 28.7 Å². The molecule has 2 saturated heterocycles. The summed E-state index contributed by atoms with van der Waals surface area (Å²) in [5.74, 6) is -1.40. The second-order valence-electron chi connectivity index (χ2n) is 14.0. The van der Waals surface area contributed by atoms with Crippen LogP contribution in [-0.4, -0.2) is 91.4 Å². The summed E-state index contributed by atoms with van der Waals surface area (Å²) in [7, 11) is 2.70. The SMILES string of the molecule is COC(=O)c1ccccc1C(=O)N[C@H]1CS[C@@H]2c3c(OC(C)=O)c(C)c4c(c3[C@H](COC1=O)N1C2[C@@H]2N[C@@H](Cc3cc(C)c(OC)c(O)c32)[C@@H]1C#N)OCO4. The largest absolute Gasteiger partial charge is 0.504 e. The Morgan fingerprint density at radius 2 is 1.80 bits per heavy atom. The summed E-state index contributed by atoms with van der Waals surface area (Å²) in [5.41, 5.74) is 3.95. The number of nitriles is 1. The summed E-state index contributed by atoms with van der Waals surface area (Å²) in [6.07, 6.45) is 0.425. The van der Waals surface area contributed by atoms with Gasteiger partial charge in [0.25, 0.3) is 5.91 Å². The number of ether oxygens (including phenoxy) is 6. The van der Waals surface area contributed by atoms with E-state index in [9.17, 15) is 29.5 Å². The van der Waals surface area contributed by atoms with Crippen LogP contribution in [0.15, 0.2) is 30.3 Å². The Balaban J connectivity index is 1.31. The van der Waals surface area contributed by atoms with Crippen molar-refractivity contribution in [3.8, 4) is 34.8 Å². The summed E-state index contributed by atoms with van der Waals surface area (Å²) in [5, 5.41) is 28.5. The smallest absolute Gasteiger partial charge is 0.338 e. The van der Waals surface area contributed by atoms with Crippen LogP contribution in [0.25, 0.3) is 0 Å². The number of thioether (sulfide) groups is 1. The van der Waals surface area contributed by atoms with Crippen LogP contribution in [0, 0.1) is 25.2 Å². The lowest BCUT2D eigenvalue weighted by Crippen LogP contribution is -2.69. The molecule has 0 aromatic heterocycles. The van der Waals surface area contributed by atoms with Gasteiger partial charge in [-0.2, -0.15) is 5.26 Å². The van der Waals surface area contributed by atoms with Gasteiger partial charge in [-0.25, -0.2) is 9.59 Å². The fraction of sp³-hybridized carbons (Fsp3) is 0.410. The predicted molar refractivity (Wildman–Crippen MR) is 194 cm³/mol. The van der Waals surface area contributed by atoms with Crippen molar-refractivity contribution in [2.75, 3.05) is 33.4 Å². The van der Waals surface area contributed by atoms with Crippen molar-refractivity contribution >= 4 is 35.6 Å². The Morgan fingerprint density at radius 1 is 1.05 bits per heavy atom. The molecular weight excluding hydrogens is 733 g/mol. The fourth-order valence-electron chi connectivity index (χ4n) is 8.88. The van der Waals surface area contributed by atoms with Gasteiger partial charge in [0.05, 0.1) is 48.7 Å². The maximum atomic E-state index is 14.0. The van der Waals surface area contributed by atoms with E-state index in [0.29, 0.717) is 45.9 Å². The van der Waals surface area contributed by atoms with Crippen molar-refractivity contribution in [2.45, 2.75) is 68.7 Å². The lowest BCUT2D eigenvalue weighted by Gasteiger charge is -2.59. The van der Waals surface area contributed by atoms with E-state index in [1.807, 2.05) is 17.9 Å². The highest BCUT2D eigenvalue weighted by Gasteiger charge is 2.59. The summed E-state index contributed by atoms with van der Waals surface area (Å²) < 4.78 is 34.6. The van der Waals surface area contributed by atoms with E-state index in [1.165, 1.54) is 45.0 Å². The molecule has 6 aliphatic rings. The topological polar surface area (TPSA) is 195 Å². The Kier molecular flexibility index (Phi) is 9.27. The number of methoxy groups -OCH3 is 2. The van der Waals surface area contributed by atoms with Crippen LogP contribution in [-0.2, 0) is 25.5 Å². The monoisotopic (exact) mass is 770 g/mol. The molecular formula is C39H38N4O11S. The number of aromatic hydroxyl groups is 1. The normalized spacial score (nSPS) is 26.0. The summed E-state index contributed by atoms with van der Waals surface area (Å²) >= 11 is 1.30. The van der Waals surface area contributed by atoms with Crippen molar-refractivity contribution in [2.24, 2.45) is 0 Å². The number of nitrogens with zero attached hydrogens (tertiary/aromatic N) is 2. The molecule has 2 fully saturated rings. The molecule has 4 bridgehead atoms. The first-order valence-corrected chi connectivity index (χ1v) is 18.8. The molecule has 55 heavy (non-hydrogen) atoms. The number of piperazine rings is 1.